The maximum Gasteiger partial charge on any atom is 0.339 e. The third-order valence-corrected chi connectivity index (χ3v) is 4.77. The van der Waals surface area contributed by atoms with Gasteiger partial charge in [0.15, 0.2) is 11.5 Å². The van der Waals surface area contributed by atoms with Crippen molar-refractivity contribution in [1.82, 2.24) is 14.9 Å². The van der Waals surface area contributed by atoms with Crippen LogP contribution in [0.4, 0.5) is 0 Å². The molecule has 140 valence electrons. The molecule has 1 aromatic heterocycles. The largest absolute Gasteiger partial charge is 0.490 e. The van der Waals surface area contributed by atoms with Gasteiger partial charge in [-0.25, -0.2) is 4.68 Å². The van der Waals surface area contributed by atoms with E-state index in [4.69, 9.17) is 8.92 Å². The quantitative estimate of drug-likeness (QED) is 0.457. The lowest BCUT2D eigenvalue weighted by atomic mass is 10.2. The third-order valence-electron chi connectivity index (χ3n) is 3.52. The highest BCUT2D eigenvalue weighted by atomic mass is 32.2. The van der Waals surface area contributed by atoms with Crippen LogP contribution < -0.4 is 8.92 Å². The summed E-state index contributed by atoms with van der Waals surface area (Å²) in [6.45, 7) is 4.04. The Morgan fingerprint density at radius 1 is 1.07 bits per heavy atom. The summed E-state index contributed by atoms with van der Waals surface area (Å²) in [5.74, 6) is 0.416. The van der Waals surface area contributed by atoms with Crippen molar-refractivity contribution in [2.24, 2.45) is 5.10 Å². The molecule has 3 rings (SSSR count). The Morgan fingerprint density at radius 2 is 1.78 bits per heavy atom. The molecule has 0 unspecified atom stereocenters. The monoisotopic (exact) mass is 386 g/mol. The first-order valence-electron chi connectivity index (χ1n) is 8.15. The minimum Gasteiger partial charge on any atom is -0.490 e. The highest BCUT2D eigenvalue weighted by Gasteiger charge is 2.19. The number of nitrogens with zero attached hydrogens (tertiary/aromatic N) is 4. The molecular weight excluding hydrogens is 368 g/mol. The summed E-state index contributed by atoms with van der Waals surface area (Å²) in [6.07, 6.45) is 4.47. The van der Waals surface area contributed by atoms with E-state index in [0.717, 1.165) is 5.56 Å². The SMILES string of the molecule is CCOc1cc(/C=N/n2cnnc2)ccc1OS(=O)(=O)c1ccc(C)cc1. The van der Waals surface area contributed by atoms with Gasteiger partial charge in [0, 0.05) is 0 Å². The van der Waals surface area contributed by atoms with E-state index >= 15 is 0 Å². The van der Waals surface area contributed by atoms with Gasteiger partial charge in [-0.3, -0.25) is 0 Å². The van der Waals surface area contributed by atoms with Gasteiger partial charge in [0.25, 0.3) is 0 Å². The first kappa shape index (κ1) is 18.6. The molecule has 0 spiro atoms. The van der Waals surface area contributed by atoms with Crippen LogP contribution in [0, 0.1) is 6.92 Å². The zero-order chi connectivity index (χ0) is 19.3. The van der Waals surface area contributed by atoms with Gasteiger partial charge in [-0.05, 0) is 49.7 Å². The maximum absolute atomic E-state index is 12.5. The second kappa shape index (κ2) is 8.00. The molecule has 0 bridgehead atoms. The highest BCUT2D eigenvalue weighted by Crippen LogP contribution is 2.31. The average Bonchev–Trinajstić information content (AvgIpc) is 3.16. The van der Waals surface area contributed by atoms with Gasteiger partial charge in [-0.2, -0.15) is 13.5 Å². The van der Waals surface area contributed by atoms with Gasteiger partial charge < -0.3 is 8.92 Å². The van der Waals surface area contributed by atoms with Gasteiger partial charge >= 0.3 is 10.1 Å². The van der Waals surface area contributed by atoms with Crippen LogP contribution >= 0.6 is 0 Å². The fourth-order valence-electron chi connectivity index (χ4n) is 2.20. The van der Waals surface area contributed by atoms with E-state index in [9.17, 15) is 8.42 Å². The van der Waals surface area contributed by atoms with E-state index < -0.39 is 10.1 Å². The molecule has 0 N–H and O–H groups in total. The summed E-state index contributed by atoms with van der Waals surface area (Å²) in [5, 5.41) is 11.5. The van der Waals surface area contributed by atoms with Gasteiger partial charge in [0.1, 0.15) is 17.6 Å². The van der Waals surface area contributed by atoms with Gasteiger partial charge in [0.2, 0.25) is 0 Å². The van der Waals surface area contributed by atoms with Crippen LogP contribution in [0.1, 0.15) is 18.1 Å². The summed E-state index contributed by atoms with van der Waals surface area (Å²) < 4.78 is 37.3. The van der Waals surface area contributed by atoms with Gasteiger partial charge in [0.05, 0.1) is 12.8 Å². The zero-order valence-corrected chi connectivity index (χ0v) is 15.6. The second-order valence-electron chi connectivity index (χ2n) is 5.58. The van der Waals surface area contributed by atoms with Crippen molar-refractivity contribution in [3.05, 3.63) is 66.2 Å². The summed E-state index contributed by atoms with van der Waals surface area (Å²) in [4.78, 5) is 0.0776. The van der Waals surface area contributed by atoms with Crippen molar-refractivity contribution in [3.8, 4) is 11.5 Å². The normalized spacial score (nSPS) is 11.6. The smallest absolute Gasteiger partial charge is 0.339 e. The Bertz CT molecular complexity index is 1030. The van der Waals surface area contributed by atoms with Crippen LogP contribution in [-0.2, 0) is 10.1 Å². The Hall–Kier alpha value is -3.20. The number of hydrogen-bond acceptors (Lipinski definition) is 7. The molecule has 0 aliphatic heterocycles. The van der Waals surface area contributed by atoms with Crippen LogP contribution in [0.25, 0.3) is 0 Å². The van der Waals surface area contributed by atoms with Crippen molar-refractivity contribution in [3.63, 3.8) is 0 Å². The molecule has 0 saturated heterocycles. The predicted octanol–water partition coefficient (Wildman–Crippen LogP) is 2.64. The standard InChI is InChI=1S/C18H18N4O4S/c1-3-25-18-10-15(11-21-22-12-19-20-13-22)6-9-17(18)26-27(23,24)16-7-4-14(2)5-8-16/h4-13H,3H2,1-2H3/b21-11+. The maximum atomic E-state index is 12.5. The number of hydrogen-bond donors (Lipinski definition) is 0. The lowest BCUT2D eigenvalue weighted by Gasteiger charge is -2.12. The van der Waals surface area contributed by atoms with Gasteiger partial charge in [-0.15, -0.1) is 10.2 Å². The van der Waals surface area contributed by atoms with E-state index in [1.807, 2.05) is 6.92 Å². The van der Waals surface area contributed by atoms with Crippen molar-refractivity contribution < 1.29 is 17.3 Å². The van der Waals surface area contributed by atoms with Crippen molar-refractivity contribution in [1.29, 1.82) is 0 Å². The molecule has 0 atom stereocenters. The Morgan fingerprint density at radius 3 is 2.44 bits per heavy atom. The zero-order valence-electron chi connectivity index (χ0n) is 14.8. The lowest BCUT2D eigenvalue weighted by Crippen LogP contribution is -2.11. The van der Waals surface area contributed by atoms with Crippen molar-refractivity contribution >= 4 is 16.3 Å². The fraction of sp³-hybridized carbons (Fsp3) is 0.167. The van der Waals surface area contributed by atoms with E-state index in [-0.39, 0.29) is 10.6 Å². The van der Waals surface area contributed by atoms with Crippen LogP contribution in [0.3, 0.4) is 0 Å². The summed E-state index contributed by atoms with van der Waals surface area (Å²) in [5.41, 5.74) is 1.66. The third kappa shape index (κ3) is 4.70. The highest BCUT2D eigenvalue weighted by molar-refractivity contribution is 7.87. The summed E-state index contributed by atoms with van der Waals surface area (Å²) >= 11 is 0. The molecule has 27 heavy (non-hydrogen) atoms. The Kier molecular flexibility index (Phi) is 5.51. The van der Waals surface area contributed by atoms with E-state index in [1.54, 1.807) is 37.4 Å². The number of aryl methyl sites for hydroxylation is 1. The van der Waals surface area contributed by atoms with Crippen molar-refractivity contribution in [2.45, 2.75) is 18.7 Å². The molecule has 9 heteroatoms. The van der Waals surface area contributed by atoms with E-state index in [0.29, 0.717) is 17.9 Å². The number of ether oxygens (including phenoxy) is 1. The van der Waals surface area contributed by atoms with Crippen LogP contribution in [-0.4, -0.2) is 36.1 Å². The Balaban J connectivity index is 1.87. The van der Waals surface area contributed by atoms with Crippen LogP contribution in [0.2, 0.25) is 0 Å². The van der Waals surface area contributed by atoms with Gasteiger partial charge in [-0.1, -0.05) is 17.7 Å². The number of benzene rings is 2. The van der Waals surface area contributed by atoms with E-state index in [1.165, 1.54) is 35.5 Å². The molecule has 0 aliphatic rings. The molecule has 0 amide bonds. The molecule has 1 heterocycles. The number of rotatable bonds is 7. The van der Waals surface area contributed by atoms with Crippen molar-refractivity contribution in [2.75, 3.05) is 6.61 Å². The fourth-order valence-corrected chi connectivity index (χ4v) is 3.14. The minimum atomic E-state index is -3.97. The molecule has 0 fully saturated rings. The predicted molar refractivity (Wildman–Crippen MR) is 99.6 cm³/mol. The average molecular weight is 386 g/mol. The number of aromatic nitrogens is 3. The molecule has 3 aromatic rings. The summed E-state index contributed by atoms with van der Waals surface area (Å²) in [7, 11) is -3.97. The first-order valence-corrected chi connectivity index (χ1v) is 9.56. The topological polar surface area (TPSA) is 95.7 Å². The summed E-state index contributed by atoms with van der Waals surface area (Å²) in [6, 6.07) is 11.3. The first-order chi connectivity index (χ1) is 13.0. The van der Waals surface area contributed by atoms with Crippen LogP contribution in [0.5, 0.6) is 11.5 Å². The molecular formula is C18H18N4O4S. The molecule has 8 nitrogen and oxygen atoms in total. The molecule has 0 saturated carbocycles. The molecule has 0 aliphatic carbocycles. The molecule has 2 aromatic carbocycles. The lowest BCUT2D eigenvalue weighted by molar-refractivity contribution is 0.327. The van der Waals surface area contributed by atoms with E-state index in [2.05, 4.69) is 15.3 Å². The van der Waals surface area contributed by atoms with Crippen LogP contribution in [0.15, 0.2) is 65.1 Å². The minimum absolute atomic E-state index is 0.0776. The molecule has 0 radical (unpaired) electrons. The second-order valence-corrected chi connectivity index (χ2v) is 7.12. The Labute approximate surface area is 157 Å².